The first-order valence-electron chi connectivity index (χ1n) is 6.67. The maximum absolute atomic E-state index is 12.6. The number of hydrogen-bond donors (Lipinski definition) is 1. The van der Waals surface area contributed by atoms with E-state index in [1.54, 1.807) is 4.31 Å². The van der Waals surface area contributed by atoms with Gasteiger partial charge in [-0.1, -0.05) is 0 Å². The van der Waals surface area contributed by atoms with Crippen LogP contribution in [0.1, 0.15) is 23.3 Å². The molecule has 19 heavy (non-hydrogen) atoms. The molecule has 108 valence electrons. The summed E-state index contributed by atoms with van der Waals surface area (Å²) < 4.78 is 27.4. The van der Waals surface area contributed by atoms with Crippen LogP contribution in [0, 0.1) is 19.8 Å². The van der Waals surface area contributed by atoms with Gasteiger partial charge in [0.25, 0.3) is 10.0 Å². The number of piperidine rings is 1. The summed E-state index contributed by atoms with van der Waals surface area (Å²) in [6.07, 6.45) is 1.90. The average Bonchev–Trinajstić information content (AvgIpc) is 2.70. The molecule has 1 aromatic rings. The van der Waals surface area contributed by atoms with E-state index in [0.717, 1.165) is 29.8 Å². The van der Waals surface area contributed by atoms with Gasteiger partial charge in [0, 0.05) is 18.0 Å². The van der Waals surface area contributed by atoms with Crippen LogP contribution in [0.25, 0.3) is 0 Å². The second-order valence-corrected chi connectivity index (χ2v) is 8.62. The van der Waals surface area contributed by atoms with Crippen LogP contribution in [0.3, 0.4) is 0 Å². The molecule has 6 heteroatoms. The van der Waals surface area contributed by atoms with Crippen molar-refractivity contribution in [3.63, 3.8) is 0 Å². The molecule has 1 fully saturated rings. The van der Waals surface area contributed by atoms with Crippen LogP contribution in [0.4, 0.5) is 0 Å². The van der Waals surface area contributed by atoms with Gasteiger partial charge < -0.3 is 5.32 Å². The molecule has 0 spiro atoms. The minimum atomic E-state index is -3.28. The molecule has 1 aliphatic heterocycles. The van der Waals surface area contributed by atoms with E-state index in [0.29, 0.717) is 23.2 Å². The molecule has 0 aliphatic carbocycles. The van der Waals surface area contributed by atoms with Gasteiger partial charge in [0.2, 0.25) is 0 Å². The number of thiophene rings is 1. The third kappa shape index (κ3) is 3.18. The summed E-state index contributed by atoms with van der Waals surface area (Å²) in [6.45, 7) is 6.10. The van der Waals surface area contributed by atoms with Crippen LogP contribution in [0.5, 0.6) is 0 Å². The molecule has 0 atom stereocenters. The number of rotatable bonds is 4. The third-order valence-electron chi connectivity index (χ3n) is 3.64. The van der Waals surface area contributed by atoms with E-state index in [4.69, 9.17) is 0 Å². The highest BCUT2D eigenvalue weighted by atomic mass is 32.2. The van der Waals surface area contributed by atoms with Gasteiger partial charge in [-0.25, -0.2) is 8.42 Å². The topological polar surface area (TPSA) is 49.4 Å². The third-order valence-corrected chi connectivity index (χ3v) is 7.30. The van der Waals surface area contributed by atoms with Crippen molar-refractivity contribution in [2.45, 2.75) is 30.9 Å². The normalized spacial score (nSPS) is 18.9. The van der Waals surface area contributed by atoms with Crippen molar-refractivity contribution in [3.8, 4) is 0 Å². The minimum Gasteiger partial charge on any atom is -0.319 e. The maximum atomic E-state index is 12.6. The number of aryl methyl sites for hydroxylation is 2. The predicted molar refractivity (Wildman–Crippen MR) is 79.2 cm³/mol. The molecule has 0 saturated carbocycles. The van der Waals surface area contributed by atoms with E-state index in [1.165, 1.54) is 11.3 Å². The summed E-state index contributed by atoms with van der Waals surface area (Å²) in [7, 11) is -1.33. The fourth-order valence-electron chi connectivity index (χ4n) is 2.64. The van der Waals surface area contributed by atoms with Gasteiger partial charge in [-0.3, -0.25) is 0 Å². The summed E-state index contributed by atoms with van der Waals surface area (Å²) in [5, 5.41) is 3.17. The summed E-state index contributed by atoms with van der Waals surface area (Å²) in [6, 6.07) is 1.95. The molecule has 0 unspecified atom stereocenters. The zero-order chi connectivity index (χ0) is 14.0. The molecule has 2 rings (SSSR count). The van der Waals surface area contributed by atoms with E-state index in [9.17, 15) is 8.42 Å². The Morgan fingerprint density at radius 3 is 2.47 bits per heavy atom. The second kappa shape index (κ2) is 5.91. The number of sulfonamides is 1. The van der Waals surface area contributed by atoms with Crippen LogP contribution in [0.2, 0.25) is 0 Å². The highest BCUT2D eigenvalue weighted by Gasteiger charge is 2.31. The molecule has 0 bridgehead atoms. The first-order chi connectivity index (χ1) is 8.95. The smallest absolute Gasteiger partial charge is 0.252 e. The average molecular weight is 302 g/mol. The monoisotopic (exact) mass is 302 g/mol. The SMILES string of the molecule is CNCC1CCN(S(=O)(=O)c2sc(C)cc2C)CC1. The van der Waals surface area contributed by atoms with E-state index < -0.39 is 10.0 Å². The largest absolute Gasteiger partial charge is 0.319 e. The zero-order valence-electron chi connectivity index (χ0n) is 11.8. The molecule has 1 aliphatic rings. The van der Waals surface area contributed by atoms with Crippen molar-refractivity contribution >= 4 is 21.4 Å². The van der Waals surface area contributed by atoms with Crippen LogP contribution in [-0.2, 0) is 10.0 Å². The lowest BCUT2D eigenvalue weighted by Crippen LogP contribution is -2.40. The molecule has 1 aromatic heterocycles. The standard InChI is InChI=1S/C13H22N2O2S2/c1-10-8-11(2)18-13(10)19(16,17)15-6-4-12(5-7-15)9-14-3/h8,12,14H,4-7,9H2,1-3H3. The molecular formula is C13H22N2O2S2. The molecule has 4 nitrogen and oxygen atoms in total. The lowest BCUT2D eigenvalue weighted by atomic mass is 9.98. The van der Waals surface area contributed by atoms with Crippen molar-refractivity contribution in [2.75, 3.05) is 26.7 Å². The van der Waals surface area contributed by atoms with Crippen LogP contribution in [-0.4, -0.2) is 39.4 Å². The van der Waals surface area contributed by atoms with Gasteiger partial charge in [-0.2, -0.15) is 4.31 Å². The van der Waals surface area contributed by atoms with Crippen molar-refractivity contribution in [1.82, 2.24) is 9.62 Å². The summed E-state index contributed by atoms with van der Waals surface area (Å²) in [5.74, 6) is 0.600. The van der Waals surface area contributed by atoms with Gasteiger partial charge in [0.15, 0.2) is 0 Å². The summed E-state index contributed by atoms with van der Waals surface area (Å²) in [5.41, 5.74) is 0.875. The van der Waals surface area contributed by atoms with Crippen LogP contribution >= 0.6 is 11.3 Å². The highest BCUT2D eigenvalue weighted by molar-refractivity contribution is 7.91. The molecule has 0 amide bonds. The maximum Gasteiger partial charge on any atom is 0.252 e. The van der Waals surface area contributed by atoms with E-state index in [2.05, 4.69) is 5.32 Å². The summed E-state index contributed by atoms with van der Waals surface area (Å²) in [4.78, 5) is 1.06. The molecular weight excluding hydrogens is 280 g/mol. The lowest BCUT2D eigenvalue weighted by molar-refractivity contribution is 0.271. The number of nitrogens with one attached hydrogen (secondary N) is 1. The Kier molecular flexibility index (Phi) is 4.66. The fraction of sp³-hybridized carbons (Fsp3) is 0.692. The Morgan fingerprint density at radius 1 is 1.37 bits per heavy atom. The Morgan fingerprint density at radius 2 is 2.00 bits per heavy atom. The Hall–Kier alpha value is -0.430. The van der Waals surface area contributed by atoms with Crippen molar-refractivity contribution < 1.29 is 8.42 Å². The van der Waals surface area contributed by atoms with Crippen molar-refractivity contribution in [2.24, 2.45) is 5.92 Å². The van der Waals surface area contributed by atoms with Gasteiger partial charge >= 0.3 is 0 Å². The quantitative estimate of drug-likeness (QED) is 0.925. The van der Waals surface area contributed by atoms with Crippen LogP contribution in [0.15, 0.2) is 10.3 Å². The molecule has 1 saturated heterocycles. The highest BCUT2D eigenvalue weighted by Crippen LogP contribution is 2.31. The second-order valence-electron chi connectivity index (χ2n) is 5.23. The summed E-state index contributed by atoms with van der Waals surface area (Å²) >= 11 is 1.38. The fourth-order valence-corrected chi connectivity index (χ4v) is 5.91. The first-order valence-corrected chi connectivity index (χ1v) is 8.92. The predicted octanol–water partition coefficient (Wildman–Crippen LogP) is 1.99. The minimum absolute atomic E-state index is 0.525. The Labute approximate surface area is 119 Å². The molecule has 2 heterocycles. The van der Waals surface area contributed by atoms with E-state index in [-0.39, 0.29) is 0 Å². The van der Waals surface area contributed by atoms with Gasteiger partial charge in [-0.05, 0) is 57.8 Å². The lowest BCUT2D eigenvalue weighted by Gasteiger charge is -2.30. The van der Waals surface area contributed by atoms with E-state index >= 15 is 0 Å². The molecule has 1 N–H and O–H groups in total. The Balaban J connectivity index is 2.12. The number of hydrogen-bond acceptors (Lipinski definition) is 4. The molecule has 0 radical (unpaired) electrons. The van der Waals surface area contributed by atoms with Gasteiger partial charge in [0.05, 0.1) is 0 Å². The van der Waals surface area contributed by atoms with Gasteiger partial charge in [0.1, 0.15) is 4.21 Å². The van der Waals surface area contributed by atoms with E-state index in [1.807, 2.05) is 27.0 Å². The van der Waals surface area contributed by atoms with Gasteiger partial charge in [-0.15, -0.1) is 11.3 Å². The van der Waals surface area contributed by atoms with Crippen LogP contribution < -0.4 is 5.32 Å². The first kappa shape index (κ1) is 15.0. The Bertz CT molecular complexity index is 529. The zero-order valence-corrected chi connectivity index (χ0v) is 13.4. The number of nitrogens with zero attached hydrogens (tertiary/aromatic N) is 1. The van der Waals surface area contributed by atoms with Crippen molar-refractivity contribution in [1.29, 1.82) is 0 Å². The van der Waals surface area contributed by atoms with Crippen molar-refractivity contribution in [3.05, 3.63) is 16.5 Å². The molecule has 0 aromatic carbocycles.